The zero-order valence-corrected chi connectivity index (χ0v) is 15.7. The highest BCUT2D eigenvalue weighted by Gasteiger charge is 2.14. The van der Waals surface area contributed by atoms with Crippen molar-refractivity contribution in [2.45, 2.75) is 40.7 Å². The lowest BCUT2D eigenvalue weighted by Gasteiger charge is -2.16. The Hall–Kier alpha value is -2.49. The molecule has 0 aromatic heterocycles. The number of amides is 1. The molecule has 134 valence electrons. The number of rotatable bonds is 7. The third-order valence-electron chi connectivity index (χ3n) is 4.16. The molecule has 2 aromatic rings. The van der Waals surface area contributed by atoms with Crippen molar-refractivity contribution in [1.29, 1.82) is 0 Å². The smallest absolute Gasteiger partial charge is 0.260 e. The van der Waals surface area contributed by atoms with Gasteiger partial charge in [-0.25, -0.2) is 0 Å². The lowest BCUT2D eigenvalue weighted by molar-refractivity contribution is -0.127. The van der Waals surface area contributed by atoms with E-state index >= 15 is 0 Å². The highest BCUT2D eigenvalue weighted by atomic mass is 16.5. The maximum atomic E-state index is 12.1. The van der Waals surface area contributed by atoms with Crippen molar-refractivity contribution < 1.29 is 14.3 Å². The summed E-state index contributed by atoms with van der Waals surface area (Å²) < 4.78 is 11.4. The Labute approximate surface area is 150 Å². The summed E-state index contributed by atoms with van der Waals surface area (Å²) in [5, 5.41) is 2.84. The van der Waals surface area contributed by atoms with Crippen LogP contribution >= 0.6 is 0 Å². The first-order chi connectivity index (χ1) is 11.9. The van der Waals surface area contributed by atoms with Crippen molar-refractivity contribution in [1.82, 2.24) is 5.32 Å². The van der Waals surface area contributed by atoms with Crippen molar-refractivity contribution in [2.75, 3.05) is 13.2 Å². The van der Waals surface area contributed by atoms with Crippen LogP contribution in [0, 0.1) is 27.7 Å². The predicted molar refractivity (Wildman–Crippen MR) is 100 cm³/mol. The van der Waals surface area contributed by atoms with E-state index in [1.165, 1.54) is 5.56 Å². The first-order valence-corrected chi connectivity index (χ1v) is 8.58. The molecule has 4 nitrogen and oxygen atoms in total. The van der Waals surface area contributed by atoms with E-state index < -0.39 is 6.10 Å². The first kappa shape index (κ1) is 18.8. The van der Waals surface area contributed by atoms with E-state index in [2.05, 4.69) is 11.4 Å². The molecule has 0 unspecified atom stereocenters. The molecule has 4 heteroatoms. The van der Waals surface area contributed by atoms with E-state index in [-0.39, 0.29) is 5.91 Å². The number of nitrogens with one attached hydrogen (secondary N) is 1. The Balaban J connectivity index is 1.77. The monoisotopic (exact) mass is 341 g/mol. The molecule has 0 aliphatic carbocycles. The summed E-state index contributed by atoms with van der Waals surface area (Å²) in [7, 11) is 0. The lowest BCUT2D eigenvalue weighted by atomic mass is 10.1. The van der Waals surface area contributed by atoms with E-state index in [0.717, 1.165) is 22.4 Å². The predicted octanol–water partition coefficient (Wildman–Crippen LogP) is 3.88. The van der Waals surface area contributed by atoms with Gasteiger partial charge >= 0.3 is 0 Å². The Kier molecular flexibility index (Phi) is 6.45. The van der Waals surface area contributed by atoms with Crippen LogP contribution in [0.5, 0.6) is 11.5 Å². The fourth-order valence-corrected chi connectivity index (χ4v) is 2.39. The van der Waals surface area contributed by atoms with Crippen molar-refractivity contribution in [3.63, 3.8) is 0 Å². The second kappa shape index (κ2) is 8.56. The van der Waals surface area contributed by atoms with E-state index in [0.29, 0.717) is 18.9 Å². The van der Waals surface area contributed by atoms with Crippen LogP contribution < -0.4 is 14.8 Å². The van der Waals surface area contributed by atoms with Crippen LogP contribution in [-0.2, 0) is 4.79 Å². The van der Waals surface area contributed by atoms with Gasteiger partial charge in [-0.1, -0.05) is 18.2 Å². The molecule has 0 heterocycles. The number of benzene rings is 2. The average Bonchev–Trinajstić information content (AvgIpc) is 2.57. The van der Waals surface area contributed by atoms with E-state index in [1.807, 2.05) is 58.0 Å². The SMILES string of the molecule is Cc1ccc(C)c(OCCNC(=O)[C@H](C)Oc2ccc(C)c(C)c2)c1. The normalized spacial score (nSPS) is 11.7. The zero-order chi connectivity index (χ0) is 18.4. The molecule has 0 bridgehead atoms. The first-order valence-electron chi connectivity index (χ1n) is 8.58. The fraction of sp³-hybridized carbons (Fsp3) is 0.381. The number of aryl methyl sites for hydroxylation is 4. The zero-order valence-electron chi connectivity index (χ0n) is 15.7. The van der Waals surface area contributed by atoms with Crippen molar-refractivity contribution in [3.05, 3.63) is 58.7 Å². The summed E-state index contributed by atoms with van der Waals surface area (Å²) in [5.74, 6) is 1.41. The van der Waals surface area contributed by atoms with E-state index in [4.69, 9.17) is 9.47 Å². The summed E-state index contributed by atoms with van der Waals surface area (Å²) >= 11 is 0. The Morgan fingerprint density at radius 3 is 2.44 bits per heavy atom. The van der Waals surface area contributed by atoms with Crippen LogP contribution in [0.15, 0.2) is 36.4 Å². The maximum Gasteiger partial charge on any atom is 0.260 e. The molecule has 0 aliphatic heterocycles. The number of carbonyl (C=O) groups is 1. The number of hydrogen-bond donors (Lipinski definition) is 1. The van der Waals surface area contributed by atoms with Gasteiger partial charge in [0, 0.05) is 0 Å². The van der Waals surface area contributed by atoms with Crippen molar-refractivity contribution in [3.8, 4) is 11.5 Å². The highest BCUT2D eigenvalue weighted by molar-refractivity contribution is 5.80. The van der Waals surface area contributed by atoms with E-state index in [9.17, 15) is 4.79 Å². The third kappa shape index (κ3) is 5.52. The summed E-state index contributed by atoms with van der Waals surface area (Å²) in [6, 6.07) is 11.9. The van der Waals surface area contributed by atoms with Gasteiger partial charge < -0.3 is 14.8 Å². The molecule has 0 spiro atoms. The van der Waals surface area contributed by atoms with Gasteiger partial charge in [-0.2, -0.15) is 0 Å². The minimum Gasteiger partial charge on any atom is -0.491 e. The van der Waals surface area contributed by atoms with Crippen LogP contribution in [0.1, 0.15) is 29.2 Å². The van der Waals surface area contributed by atoms with Crippen molar-refractivity contribution >= 4 is 5.91 Å². The second-order valence-corrected chi connectivity index (χ2v) is 6.41. The highest BCUT2D eigenvalue weighted by Crippen LogP contribution is 2.19. The summed E-state index contributed by atoms with van der Waals surface area (Å²) in [5.41, 5.74) is 4.59. The summed E-state index contributed by atoms with van der Waals surface area (Å²) in [6.45, 7) is 10.7. The molecule has 0 saturated carbocycles. The molecule has 1 amide bonds. The summed E-state index contributed by atoms with van der Waals surface area (Å²) in [6.07, 6.45) is -0.553. The minimum atomic E-state index is -0.553. The molecule has 0 saturated heterocycles. The third-order valence-corrected chi connectivity index (χ3v) is 4.16. The summed E-state index contributed by atoms with van der Waals surface area (Å²) in [4.78, 5) is 12.1. The molecule has 25 heavy (non-hydrogen) atoms. The van der Waals surface area contributed by atoms with Crippen molar-refractivity contribution in [2.24, 2.45) is 0 Å². The number of hydrogen-bond acceptors (Lipinski definition) is 3. The standard InChI is InChI=1S/C21H27NO3/c1-14-6-7-16(3)20(12-14)24-11-10-22-21(23)18(5)25-19-9-8-15(2)17(4)13-19/h6-9,12-13,18H,10-11H2,1-5H3,(H,22,23)/t18-/m0/s1. The van der Waals surface area contributed by atoms with E-state index in [1.54, 1.807) is 6.92 Å². The molecule has 2 aromatic carbocycles. The molecule has 2 rings (SSSR count). The van der Waals surface area contributed by atoms with Gasteiger partial charge in [-0.3, -0.25) is 4.79 Å². The van der Waals surface area contributed by atoms with Gasteiger partial charge in [-0.05, 0) is 75.1 Å². The maximum absolute atomic E-state index is 12.1. The van der Waals surface area contributed by atoms with Gasteiger partial charge in [0.2, 0.25) is 0 Å². The van der Waals surface area contributed by atoms with Gasteiger partial charge in [0.25, 0.3) is 5.91 Å². The molecular weight excluding hydrogens is 314 g/mol. The van der Waals surface area contributed by atoms with Crippen LogP contribution in [0.2, 0.25) is 0 Å². The average molecular weight is 341 g/mol. The van der Waals surface area contributed by atoms with Gasteiger partial charge in [0.1, 0.15) is 18.1 Å². The van der Waals surface area contributed by atoms with Crippen LogP contribution in [0.25, 0.3) is 0 Å². The minimum absolute atomic E-state index is 0.150. The van der Waals surface area contributed by atoms with Gasteiger partial charge in [0.05, 0.1) is 6.54 Å². The lowest BCUT2D eigenvalue weighted by Crippen LogP contribution is -2.38. The molecule has 0 fully saturated rings. The van der Waals surface area contributed by atoms with Gasteiger partial charge in [-0.15, -0.1) is 0 Å². The molecule has 1 atom stereocenters. The fourth-order valence-electron chi connectivity index (χ4n) is 2.39. The van der Waals surface area contributed by atoms with Crippen LogP contribution in [-0.4, -0.2) is 25.2 Å². The van der Waals surface area contributed by atoms with Crippen LogP contribution in [0.4, 0.5) is 0 Å². The number of ether oxygens (including phenoxy) is 2. The quantitative estimate of drug-likeness (QED) is 0.778. The molecule has 0 radical (unpaired) electrons. The van der Waals surface area contributed by atoms with Gasteiger partial charge in [0.15, 0.2) is 6.10 Å². The Morgan fingerprint density at radius 1 is 1.00 bits per heavy atom. The topological polar surface area (TPSA) is 47.6 Å². The second-order valence-electron chi connectivity index (χ2n) is 6.41. The Morgan fingerprint density at radius 2 is 1.72 bits per heavy atom. The van der Waals surface area contributed by atoms with Crippen LogP contribution in [0.3, 0.4) is 0 Å². The molecule has 1 N–H and O–H groups in total. The Bertz CT molecular complexity index is 740. The molecule has 0 aliphatic rings. The largest absolute Gasteiger partial charge is 0.491 e. The molecular formula is C21H27NO3. The number of carbonyl (C=O) groups excluding carboxylic acids is 1.